The summed E-state index contributed by atoms with van der Waals surface area (Å²) in [4.78, 5) is 11.6. The van der Waals surface area contributed by atoms with Gasteiger partial charge < -0.3 is 5.73 Å². The molecular weight excluding hydrogens is 174 g/mol. The third-order valence-electron chi connectivity index (χ3n) is 2.74. The average Bonchev–Trinajstić information content (AvgIpc) is 2.45. The Morgan fingerprint density at radius 2 is 2.07 bits per heavy atom. The van der Waals surface area contributed by atoms with Crippen molar-refractivity contribution in [2.75, 3.05) is 5.73 Å². The molecule has 0 aromatic heterocycles. The molecule has 3 rings (SSSR count). The zero-order valence-electron chi connectivity index (χ0n) is 7.58. The van der Waals surface area contributed by atoms with Crippen LogP contribution < -0.4 is 5.73 Å². The molecule has 0 radical (unpaired) electrons. The molecule has 2 nitrogen and oxygen atoms in total. The molecule has 68 valence electrons. The third-order valence-corrected chi connectivity index (χ3v) is 2.74. The predicted octanol–water partition coefficient (Wildman–Crippen LogP) is 2.16. The van der Waals surface area contributed by atoms with Crippen LogP contribution in [0.15, 0.2) is 30.3 Å². The maximum absolute atomic E-state index is 11.6. The fraction of sp³-hybridized carbons (Fsp3) is 0.0833. The van der Waals surface area contributed by atoms with Gasteiger partial charge in [-0.3, -0.25) is 4.79 Å². The van der Waals surface area contributed by atoms with E-state index in [1.807, 2.05) is 24.3 Å². The van der Waals surface area contributed by atoms with Crippen LogP contribution >= 0.6 is 0 Å². The standard InChI is InChI=1S/C12H9NO/c13-9-4-7-2-1-3-8-5-11(14)10(6-9)12(7)8/h1-4,6H,5,13H2. The van der Waals surface area contributed by atoms with E-state index in [-0.39, 0.29) is 5.78 Å². The minimum Gasteiger partial charge on any atom is -0.399 e. The van der Waals surface area contributed by atoms with Gasteiger partial charge in [-0.05, 0) is 28.5 Å². The summed E-state index contributed by atoms with van der Waals surface area (Å²) in [6.45, 7) is 0. The van der Waals surface area contributed by atoms with Crippen LogP contribution in [0.2, 0.25) is 0 Å². The fourth-order valence-electron chi connectivity index (χ4n) is 2.16. The molecule has 1 aliphatic rings. The van der Waals surface area contributed by atoms with Gasteiger partial charge in [-0.15, -0.1) is 0 Å². The lowest BCUT2D eigenvalue weighted by molar-refractivity contribution is 0.1000. The van der Waals surface area contributed by atoms with Gasteiger partial charge in [-0.25, -0.2) is 0 Å². The zero-order chi connectivity index (χ0) is 9.71. The van der Waals surface area contributed by atoms with Crippen LogP contribution in [0.4, 0.5) is 5.69 Å². The number of nitrogens with two attached hydrogens (primary N) is 1. The van der Waals surface area contributed by atoms with Gasteiger partial charge in [0, 0.05) is 17.7 Å². The summed E-state index contributed by atoms with van der Waals surface area (Å²) in [5.41, 5.74) is 8.31. The molecular formula is C12H9NO. The van der Waals surface area contributed by atoms with Crippen LogP contribution in [0.25, 0.3) is 10.8 Å². The van der Waals surface area contributed by atoms with Gasteiger partial charge in [-0.2, -0.15) is 0 Å². The first-order chi connectivity index (χ1) is 6.75. The molecule has 0 aliphatic heterocycles. The zero-order valence-corrected chi connectivity index (χ0v) is 7.58. The number of anilines is 1. The summed E-state index contributed by atoms with van der Waals surface area (Å²) in [7, 11) is 0. The average molecular weight is 183 g/mol. The largest absolute Gasteiger partial charge is 0.399 e. The van der Waals surface area contributed by atoms with Crippen LogP contribution in [-0.2, 0) is 6.42 Å². The first-order valence-electron chi connectivity index (χ1n) is 4.60. The van der Waals surface area contributed by atoms with E-state index in [9.17, 15) is 4.79 Å². The first kappa shape index (κ1) is 7.56. The number of benzene rings is 2. The lowest BCUT2D eigenvalue weighted by Crippen LogP contribution is -1.95. The summed E-state index contributed by atoms with van der Waals surface area (Å²) in [5.74, 6) is 0.184. The van der Waals surface area contributed by atoms with Crippen LogP contribution in [0.5, 0.6) is 0 Å². The van der Waals surface area contributed by atoms with Crippen LogP contribution in [-0.4, -0.2) is 5.78 Å². The number of rotatable bonds is 0. The van der Waals surface area contributed by atoms with Crippen molar-refractivity contribution in [2.24, 2.45) is 0 Å². The van der Waals surface area contributed by atoms with E-state index in [1.165, 1.54) is 0 Å². The second-order valence-corrected chi connectivity index (χ2v) is 3.68. The maximum Gasteiger partial charge on any atom is 0.167 e. The van der Waals surface area contributed by atoms with Gasteiger partial charge in [0.05, 0.1) is 0 Å². The maximum atomic E-state index is 11.6. The van der Waals surface area contributed by atoms with Gasteiger partial charge in [0.15, 0.2) is 5.78 Å². The molecule has 2 N–H and O–H groups in total. The molecule has 0 bridgehead atoms. The molecule has 2 aromatic carbocycles. The molecule has 0 heterocycles. The van der Waals surface area contributed by atoms with E-state index in [0.29, 0.717) is 12.1 Å². The van der Waals surface area contributed by atoms with E-state index in [2.05, 4.69) is 0 Å². The smallest absolute Gasteiger partial charge is 0.167 e. The van der Waals surface area contributed by atoms with Gasteiger partial charge >= 0.3 is 0 Å². The number of nitrogen functional groups attached to an aromatic ring is 1. The highest BCUT2D eigenvalue weighted by Crippen LogP contribution is 2.32. The van der Waals surface area contributed by atoms with E-state index in [4.69, 9.17) is 5.73 Å². The Morgan fingerprint density at radius 1 is 1.21 bits per heavy atom. The summed E-state index contributed by atoms with van der Waals surface area (Å²) in [6, 6.07) is 9.67. The van der Waals surface area contributed by atoms with Gasteiger partial charge in [0.1, 0.15) is 0 Å². The van der Waals surface area contributed by atoms with Crippen molar-refractivity contribution in [1.82, 2.24) is 0 Å². The topological polar surface area (TPSA) is 43.1 Å². The highest BCUT2D eigenvalue weighted by Gasteiger charge is 2.21. The second-order valence-electron chi connectivity index (χ2n) is 3.68. The molecule has 2 heteroatoms. The van der Waals surface area contributed by atoms with Crippen molar-refractivity contribution >= 4 is 22.2 Å². The Balaban J connectivity index is 2.56. The van der Waals surface area contributed by atoms with Crippen molar-refractivity contribution < 1.29 is 4.79 Å². The third kappa shape index (κ3) is 0.826. The summed E-state index contributed by atoms with van der Waals surface area (Å²) in [5, 5.41) is 2.16. The number of carbonyl (C=O) groups is 1. The molecule has 0 fully saturated rings. The van der Waals surface area contributed by atoms with E-state index >= 15 is 0 Å². The number of Topliss-reactive ketones (excluding diaryl/α,β-unsaturated/α-hetero) is 1. The van der Waals surface area contributed by atoms with Crippen molar-refractivity contribution in [1.29, 1.82) is 0 Å². The lowest BCUT2D eigenvalue weighted by atomic mass is 10.0. The number of ketones is 1. The summed E-state index contributed by atoms with van der Waals surface area (Å²) in [6.07, 6.45) is 0.524. The Morgan fingerprint density at radius 3 is 2.93 bits per heavy atom. The van der Waals surface area contributed by atoms with Crippen molar-refractivity contribution in [2.45, 2.75) is 6.42 Å². The van der Waals surface area contributed by atoms with E-state index in [0.717, 1.165) is 21.9 Å². The predicted molar refractivity (Wildman–Crippen MR) is 56.4 cm³/mol. The monoisotopic (exact) mass is 183 g/mol. The van der Waals surface area contributed by atoms with E-state index in [1.54, 1.807) is 6.07 Å². The normalized spacial score (nSPS) is 13.9. The molecule has 0 unspecified atom stereocenters. The van der Waals surface area contributed by atoms with Crippen LogP contribution in [0, 0.1) is 0 Å². The molecule has 1 aliphatic carbocycles. The van der Waals surface area contributed by atoms with Crippen LogP contribution in [0.3, 0.4) is 0 Å². The Kier molecular flexibility index (Phi) is 1.27. The summed E-state index contributed by atoms with van der Waals surface area (Å²) >= 11 is 0. The molecule has 14 heavy (non-hydrogen) atoms. The second kappa shape index (κ2) is 2.35. The first-order valence-corrected chi connectivity index (χ1v) is 4.60. The van der Waals surface area contributed by atoms with Gasteiger partial charge in [0.2, 0.25) is 0 Å². The molecule has 0 saturated carbocycles. The molecule has 0 saturated heterocycles. The number of hydrogen-bond acceptors (Lipinski definition) is 2. The van der Waals surface area contributed by atoms with Gasteiger partial charge in [0.25, 0.3) is 0 Å². The molecule has 0 atom stereocenters. The van der Waals surface area contributed by atoms with Crippen molar-refractivity contribution in [3.63, 3.8) is 0 Å². The Hall–Kier alpha value is -1.83. The highest BCUT2D eigenvalue weighted by atomic mass is 16.1. The Labute approximate surface area is 81.3 Å². The van der Waals surface area contributed by atoms with Crippen molar-refractivity contribution in [3.8, 4) is 0 Å². The molecule has 0 amide bonds. The fourth-order valence-corrected chi connectivity index (χ4v) is 2.16. The van der Waals surface area contributed by atoms with Crippen molar-refractivity contribution in [3.05, 3.63) is 41.5 Å². The highest BCUT2D eigenvalue weighted by molar-refractivity contribution is 6.16. The Bertz CT molecular complexity index is 557. The van der Waals surface area contributed by atoms with E-state index < -0.39 is 0 Å². The number of carbonyl (C=O) groups excluding carboxylic acids is 1. The quantitative estimate of drug-likeness (QED) is 0.636. The minimum atomic E-state index is 0.184. The SMILES string of the molecule is Nc1cc2c3c(cccc3c1)CC2=O. The summed E-state index contributed by atoms with van der Waals surface area (Å²) < 4.78 is 0. The molecule has 2 aromatic rings. The lowest BCUT2D eigenvalue weighted by Gasteiger charge is -2.01. The number of hydrogen-bond donors (Lipinski definition) is 1. The minimum absolute atomic E-state index is 0.184. The van der Waals surface area contributed by atoms with Gasteiger partial charge in [-0.1, -0.05) is 18.2 Å². The van der Waals surface area contributed by atoms with Crippen LogP contribution in [0.1, 0.15) is 15.9 Å². The molecule has 0 spiro atoms.